The van der Waals surface area contributed by atoms with Gasteiger partial charge in [-0.25, -0.2) is 9.97 Å². The van der Waals surface area contributed by atoms with Crippen molar-refractivity contribution in [2.24, 2.45) is 0 Å². The van der Waals surface area contributed by atoms with Crippen LogP contribution in [0.5, 0.6) is 0 Å². The molecule has 1 atom stereocenters. The van der Waals surface area contributed by atoms with Crippen LogP contribution in [0, 0.1) is 10.1 Å². The third-order valence-electron chi connectivity index (χ3n) is 4.27. The lowest BCUT2D eigenvalue weighted by Crippen LogP contribution is -2.10. The minimum Gasteiger partial charge on any atom is -0.348 e. The molecule has 4 aromatic rings. The van der Waals surface area contributed by atoms with Gasteiger partial charge in [-0.3, -0.25) is 14.7 Å². The number of non-ortho nitro benzene ring substituents is 1. The standard InChI is InChI=1S/C19H16N6O2/c1-13(14-5-3-2-4-6-14)22-19-20-10-9-18(23-19)24-12-21-16-8-7-15(25(26)27)11-17(16)24/h2-13H,1H3,(H,20,22,23)/t13-/m0/s1. The Bertz CT molecular complexity index is 1110. The van der Waals surface area contributed by atoms with Crippen LogP contribution in [-0.2, 0) is 0 Å². The second-order valence-corrected chi connectivity index (χ2v) is 6.06. The maximum absolute atomic E-state index is 11.1. The highest BCUT2D eigenvalue weighted by Crippen LogP contribution is 2.23. The van der Waals surface area contributed by atoms with Crippen LogP contribution in [0.3, 0.4) is 0 Å². The van der Waals surface area contributed by atoms with Gasteiger partial charge in [0.15, 0.2) is 0 Å². The van der Waals surface area contributed by atoms with Gasteiger partial charge in [-0.05, 0) is 24.6 Å². The number of fused-ring (bicyclic) bond motifs is 1. The van der Waals surface area contributed by atoms with Gasteiger partial charge in [-0.2, -0.15) is 4.98 Å². The van der Waals surface area contributed by atoms with Crippen molar-refractivity contribution < 1.29 is 4.92 Å². The zero-order valence-corrected chi connectivity index (χ0v) is 14.5. The summed E-state index contributed by atoms with van der Waals surface area (Å²) in [5, 5.41) is 14.3. The van der Waals surface area contributed by atoms with Crippen LogP contribution in [0.25, 0.3) is 16.9 Å². The molecule has 2 heterocycles. The molecule has 0 aliphatic heterocycles. The normalized spacial score (nSPS) is 12.0. The van der Waals surface area contributed by atoms with Crippen LogP contribution in [0.4, 0.5) is 11.6 Å². The molecule has 0 spiro atoms. The van der Waals surface area contributed by atoms with Crippen molar-refractivity contribution in [3.8, 4) is 5.82 Å². The molecule has 0 amide bonds. The summed E-state index contributed by atoms with van der Waals surface area (Å²) < 4.78 is 1.71. The summed E-state index contributed by atoms with van der Waals surface area (Å²) >= 11 is 0. The number of benzene rings is 2. The Morgan fingerprint density at radius 3 is 2.70 bits per heavy atom. The molecule has 2 aromatic heterocycles. The fourth-order valence-corrected chi connectivity index (χ4v) is 2.86. The van der Waals surface area contributed by atoms with Gasteiger partial charge in [0, 0.05) is 18.3 Å². The molecule has 8 heteroatoms. The second-order valence-electron chi connectivity index (χ2n) is 6.06. The Morgan fingerprint density at radius 2 is 1.93 bits per heavy atom. The number of nitrogens with zero attached hydrogens (tertiary/aromatic N) is 5. The average molecular weight is 360 g/mol. The first kappa shape index (κ1) is 16.6. The molecule has 0 aliphatic rings. The summed E-state index contributed by atoms with van der Waals surface area (Å²) in [4.78, 5) is 23.7. The number of aromatic nitrogens is 4. The molecule has 0 fully saturated rings. The topological polar surface area (TPSA) is 98.8 Å². The van der Waals surface area contributed by atoms with Gasteiger partial charge >= 0.3 is 0 Å². The van der Waals surface area contributed by atoms with E-state index in [0.29, 0.717) is 22.8 Å². The predicted octanol–water partition coefficient (Wildman–Crippen LogP) is 3.90. The highest BCUT2D eigenvalue weighted by Gasteiger charge is 2.13. The molecule has 27 heavy (non-hydrogen) atoms. The average Bonchev–Trinajstić information content (AvgIpc) is 3.12. The van der Waals surface area contributed by atoms with E-state index in [0.717, 1.165) is 5.56 Å². The minimum absolute atomic E-state index is 0.00866. The van der Waals surface area contributed by atoms with Crippen molar-refractivity contribution in [2.75, 3.05) is 5.32 Å². The largest absolute Gasteiger partial charge is 0.348 e. The molecule has 0 saturated carbocycles. The van der Waals surface area contributed by atoms with E-state index in [9.17, 15) is 10.1 Å². The lowest BCUT2D eigenvalue weighted by atomic mass is 10.1. The first-order valence-electron chi connectivity index (χ1n) is 8.38. The van der Waals surface area contributed by atoms with Crippen LogP contribution in [0.15, 0.2) is 67.1 Å². The fraction of sp³-hybridized carbons (Fsp3) is 0.105. The van der Waals surface area contributed by atoms with Gasteiger partial charge < -0.3 is 5.32 Å². The predicted molar refractivity (Wildman–Crippen MR) is 102 cm³/mol. The number of hydrogen-bond acceptors (Lipinski definition) is 6. The summed E-state index contributed by atoms with van der Waals surface area (Å²) in [6.07, 6.45) is 3.24. The molecule has 4 rings (SSSR count). The van der Waals surface area contributed by atoms with Crippen molar-refractivity contribution in [1.29, 1.82) is 0 Å². The van der Waals surface area contributed by atoms with Gasteiger partial charge in [0.25, 0.3) is 5.69 Å². The Kier molecular flexibility index (Phi) is 4.21. The van der Waals surface area contributed by atoms with Crippen LogP contribution in [0.1, 0.15) is 18.5 Å². The Hall–Kier alpha value is -3.81. The van der Waals surface area contributed by atoms with Crippen LogP contribution < -0.4 is 5.32 Å². The first-order valence-corrected chi connectivity index (χ1v) is 8.38. The maximum atomic E-state index is 11.1. The van der Waals surface area contributed by atoms with Crippen molar-refractivity contribution in [1.82, 2.24) is 19.5 Å². The third-order valence-corrected chi connectivity index (χ3v) is 4.27. The van der Waals surface area contributed by atoms with Crippen molar-refractivity contribution in [2.45, 2.75) is 13.0 Å². The second kappa shape index (κ2) is 6.83. The fourth-order valence-electron chi connectivity index (χ4n) is 2.86. The quantitative estimate of drug-likeness (QED) is 0.428. The summed E-state index contributed by atoms with van der Waals surface area (Å²) in [6, 6.07) is 16.3. The smallest absolute Gasteiger partial charge is 0.271 e. The minimum atomic E-state index is -0.425. The number of rotatable bonds is 5. The van der Waals surface area contributed by atoms with E-state index in [1.165, 1.54) is 12.1 Å². The lowest BCUT2D eigenvalue weighted by molar-refractivity contribution is -0.384. The first-order chi connectivity index (χ1) is 13.1. The van der Waals surface area contributed by atoms with Gasteiger partial charge in [-0.1, -0.05) is 30.3 Å². The number of hydrogen-bond donors (Lipinski definition) is 1. The van der Waals surface area contributed by atoms with Gasteiger partial charge in [-0.15, -0.1) is 0 Å². The number of nitro groups is 1. The summed E-state index contributed by atoms with van der Waals surface area (Å²) in [7, 11) is 0. The third kappa shape index (κ3) is 3.32. The molecule has 1 N–H and O–H groups in total. The van der Waals surface area contributed by atoms with E-state index < -0.39 is 4.92 Å². The van der Waals surface area contributed by atoms with Gasteiger partial charge in [0.05, 0.1) is 22.0 Å². The van der Waals surface area contributed by atoms with E-state index in [1.54, 1.807) is 29.2 Å². The number of nitro benzene ring substituents is 1. The van der Waals surface area contributed by atoms with Crippen LogP contribution in [-0.4, -0.2) is 24.4 Å². The highest BCUT2D eigenvalue weighted by atomic mass is 16.6. The number of nitrogens with one attached hydrogen (secondary N) is 1. The molecule has 2 aromatic carbocycles. The van der Waals surface area contributed by atoms with E-state index >= 15 is 0 Å². The molecule has 0 radical (unpaired) electrons. The SMILES string of the molecule is C[C@H](Nc1nccc(-n2cnc3ccc([N+](=O)[O-])cc32)n1)c1ccccc1. The molecular weight excluding hydrogens is 344 g/mol. The summed E-state index contributed by atoms with van der Waals surface area (Å²) in [5.74, 6) is 1.05. The monoisotopic (exact) mass is 360 g/mol. The Balaban J connectivity index is 1.67. The number of anilines is 1. The Morgan fingerprint density at radius 1 is 1.11 bits per heavy atom. The van der Waals surface area contributed by atoms with E-state index in [-0.39, 0.29) is 11.7 Å². The molecule has 0 saturated heterocycles. The van der Waals surface area contributed by atoms with E-state index in [2.05, 4.69) is 20.3 Å². The van der Waals surface area contributed by atoms with Crippen LogP contribution in [0.2, 0.25) is 0 Å². The molecule has 0 aliphatic carbocycles. The van der Waals surface area contributed by atoms with Gasteiger partial charge in [0.1, 0.15) is 12.1 Å². The van der Waals surface area contributed by atoms with Crippen molar-refractivity contribution >= 4 is 22.7 Å². The van der Waals surface area contributed by atoms with E-state index in [4.69, 9.17) is 0 Å². The highest BCUT2D eigenvalue weighted by molar-refractivity contribution is 5.79. The zero-order chi connectivity index (χ0) is 18.8. The summed E-state index contributed by atoms with van der Waals surface area (Å²) in [5.41, 5.74) is 2.40. The van der Waals surface area contributed by atoms with Gasteiger partial charge in [0.2, 0.25) is 5.95 Å². The van der Waals surface area contributed by atoms with Crippen molar-refractivity contribution in [3.05, 3.63) is 82.8 Å². The maximum Gasteiger partial charge on any atom is 0.271 e. The lowest BCUT2D eigenvalue weighted by Gasteiger charge is -2.14. The van der Waals surface area contributed by atoms with Crippen molar-refractivity contribution in [3.63, 3.8) is 0 Å². The molecule has 8 nitrogen and oxygen atoms in total. The van der Waals surface area contributed by atoms with Crippen LogP contribution >= 0.6 is 0 Å². The van der Waals surface area contributed by atoms with E-state index in [1.807, 2.05) is 37.3 Å². The molecule has 0 bridgehead atoms. The molecule has 134 valence electrons. The zero-order valence-electron chi connectivity index (χ0n) is 14.5. The number of imidazole rings is 1. The molecule has 0 unspecified atom stereocenters. The summed E-state index contributed by atoms with van der Waals surface area (Å²) in [6.45, 7) is 2.03. The molecular formula is C19H16N6O2. The Labute approximate surface area is 154 Å².